The van der Waals surface area contributed by atoms with E-state index in [1.807, 2.05) is 13.0 Å². The van der Waals surface area contributed by atoms with Gasteiger partial charge in [0.25, 0.3) is 0 Å². The first kappa shape index (κ1) is 18.4. The quantitative estimate of drug-likeness (QED) is 0.743. The van der Waals surface area contributed by atoms with Gasteiger partial charge in [-0.1, -0.05) is 25.8 Å². The molecule has 1 N–H and O–H groups in total. The van der Waals surface area contributed by atoms with E-state index in [1.165, 1.54) is 4.88 Å². The third-order valence-electron chi connectivity index (χ3n) is 4.81. The van der Waals surface area contributed by atoms with E-state index >= 15 is 0 Å². The molecular formula is C19H25NO3S2. The van der Waals surface area contributed by atoms with Crippen molar-refractivity contribution in [2.24, 2.45) is 0 Å². The summed E-state index contributed by atoms with van der Waals surface area (Å²) in [5.41, 5.74) is -0.0502. The summed E-state index contributed by atoms with van der Waals surface area (Å²) in [4.78, 5) is 1.58. The fourth-order valence-corrected chi connectivity index (χ4v) is 5.51. The van der Waals surface area contributed by atoms with Crippen LogP contribution in [0.5, 0.6) is 5.75 Å². The molecule has 136 valence electrons. The second-order valence-electron chi connectivity index (χ2n) is 6.61. The van der Waals surface area contributed by atoms with Crippen LogP contribution < -0.4 is 9.46 Å². The van der Waals surface area contributed by atoms with E-state index in [0.717, 1.165) is 32.1 Å². The van der Waals surface area contributed by atoms with Crippen LogP contribution in [0.15, 0.2) is 46.7 Å². The zero-order valence-corrected chi connectivity index (χ0v) is 16.2. The van der Waals surface area contributed by atoms with Gasteiger partial charge < -0.3 is 4.74 Å². The summed E-state index contributed by atoms with van der Waals surface area (Å²) in [6, 6.07) is 10.8. The smallest absolute Gasteiger partial charge is 0.240 e. The molecule has 0 bridgehead atoms. The highest BCUT2D eigenvalue weighted by Gasteiger charge is 2.37. The molecule has 1 fully saturated rings. The lowest BCUT2D eigenvalue weighted by atomic mass is 9.85. The topological polar surface area (TPSA) is 55.4 Å². The summed E-state index contributed by atoms with van der Waals surface area (Å²) in [6.45, 7) is 3.13. The van der Waals surface area contributed by atoms with Crippen molar-refractivity contribution < 1.29 is 13.2 Å². The SMILES string of the molecule is CCCOc1ccc(S(=O)(=O)NCC2(c3cccs3)CCCC2)cc1. The Kier molecular flexibility index (Phi) is 5.81. The van der Waals surface area contributed by atoms with E-state index in [0.29, 0.717) is 18.9 Å². The molecular weight excluding hydrogens is 354 g/mol. The summed E-state index contributed by atoms with van der Waals surface area (Å²) < 4.78 is 33.7. The Labute approximate surface area is 154 Å². The van der Waals surface area contributed by atoms with E-state index in [2.05, 4.69) is 16.2 Å². The van der Waals surface area contributed by atoms with E-state index in [-0.39, 0.29) is 10.3 Å². The second-order valence-corrected chi connectivity index (χ2v) is 9.32. The Morgan fingerprint density at radius 3 is 2.48 bits per heavy atom. The zero-order chi connectivity index (χ0) is 17.8. The van der Waals surface area contributed by atoms with Crippen LogP contribution in [-0.2, 0) is 15.4 Å². The van der Waals surface area contributed by atoms with Gasteiger partial charge in [0.2, 0.25) is 10.0 Å². The lowest BCUT2D eigenvalue weighted by Crippen LogP contribution is -2.38. The average Bonchev–Trinajstić information content (AvgIpc) is 3.31. The van der Waals surface area contributed by atoms with E-state index in [4.69, 9.17) is 4.74 Å². The highest BCUT2D eigenvalue weighted by molar-refractivity contribution is 7.89. The van der Waals surface area contributed by atoms with Crippen molar-refractivity contribution in [2.75, 3.05) is 13.2 Å². The minimum atomic E-state index is -3.52. The van der Waals surface area contributed by atoms with Gasteiger partial charge in [0.1, 0.15) is 5.75 Å². The first-order valence-electron chi connectivity index (χ1n) is 8.82. The van der Waals surface area contributed by atoms with Crippen LogP contribution in [0.2, 0.25) is 0 Å². The monoisotopic (exact) mass is 379 g/mol. The van der Waals surface area contributed by atoms with Gasteiger partial charge in [0, 0.05) is 16.8 Å². The number of hydrogen-bond acceptors (Lipinski definition) is 4. The first-order chi connectivity index (χ1) is 12.1. The van der Waals surface area contributed by atoms with Crippen molar-refractivity contribution in [3.63, 3.8) is 0 Å². The maximum absolute atomic E-state index is 12.7. The van der Waals surface area contributed by atoms with Crippen molar-refractivity contribution >= 4 is 21.4 Å². The second kappa shape index (κ2) is 7.89. The van der Waals surface area contributed by atoms with Crippen molar-refractivity contribution in [1.29, 1.82) is 0 Å². The molecule has 0 spiro atoms. The number of ether oxygens (including phenoxy) is 1. The van der Waals surface area contributed by atoms with Crippen LogP contribution in [0, 0.1) is 0 Å². The van der Waals surface area contributed by atoms with Gasteiger partial charge in [-0.25, -0.2) is 13.1 Å². The summed E-state index contributed by atoms with van der Waals surface area (Å²) in [5.74, 6) is 0.701. The highest BCUT2D eigenvalue weighted by Crippen LogP contribution is 2.42. The van der Waals surface area contributed by atoms with Gasteiger partial charge in [-0.15, -0.1) is 11.3 Å². The molecule has 25 heavy (non-hydrogen) atoms. The molecule has 6 heteroatoms. The third kappa shape index (κ3) is 4.25. The van der Waals surface area contributed by atoms with Gasteiger partial charge in [-0.05, 0) is 55.0 Å². The van der Waals surface area contributed by atoms with E-state index in [1.54, 1.807) is 35.6 Å². The van der Waals surface area contributed by atoms with Gasteiger partial charge in [-0.3, -0.25) is 0 Å². The van der Waals surface area contributed by atoms with Gasteiger partial charge in [-0.2, -0.15) is 0 Å². The molecule has 0 atom stereocenters. The molecule has 1 aromatic heterocycles. The number of thiophene rings is 1. The zero-order valence-electron chi connectivity index (χ0n) is 14.5. The fraction of sp³-hybridized carbons (Fsp3) is 0.474. The minimum absolute atomic E-state index is 0.0502. The van der Waals surface area contributed by atoms with Crippen LogP contribution in [0.25, 0.3) is 0 Å². The molecule has 1 aliphatic rings. The number of rotatable bonds is 8. The Hall–Kier alpha value is -1.37. The van der Waals surface area contributed by atoms with Crippen molar-refractivity contribution in [2.45, 2.75) is 49.3 Å². The molecule has 1 aliphatic carbocycles. The van der Waals surface area contributed by atoms with Gasteiger partial charge in [0.15, 0.2) is 0 Å². The molecule has 3 rings (SSSR count). The molecule has 0 unspecified atom stereocenters. The van der Waals surface area contributed by atoms with E-state index < -0.39 is 10.0 Å². The molecule has 4 nitrogen and oxygen atoms in total. The molecule has 1 saturated carbocycles. The molecule has 2 aromatic rings. The molecule has 1 heterocycles. The van der Waals surface area contributed by atoms with Gasteiger partial charge >= 0.3 is 0 Å². The Balaban J connectivity index is 1.70. The van der Waals surface area contributed by atoms with Crippen LogP contribution >= 0.6 is 11.3 Å². The third-order valence-corrected chi connectivity index (χ3v) is 7.35. The number of sulfonamides is 1. The van der Waals surface area contributed by atoms with Crippen LogP contribution in [-0.4, -0.2) is 21.6 Å². The fourth-order valence-electron chi connectivity index (χ4n) is 3.39. The summed E-state index contributed by atoms with van der Waals surface area (Å²) in [5, 5.41) is 2.07. The van der Waals surface area contributed by atoms with Crippen LogP contribution in [0.4, 0.5) is 0 Å². The molecule has 1 aromatic carbocycles. The lowest BCUT2D eigenvalue weighted by Gasteiger charge is -2.28. The minimum Gasteiger partial charge on any atom is -0.494 e. The summed E-state index contributed by atoms with van der Waals surface area (Å²) >= 11 is 1.72. The molecule has 0 amide bonds. The first-order valence-corrected chi connectivity index (χ1v) is 11.2. The predicted molar refractivity (Wildman–Crippen MR) is 102 cm³/mol. The largest absolute Gasteiger partial charge is 0.494 e. The maximum atomic E-state index is 12.7. The van der Waals surface area contributed by atoms with E-state index in [9.17, 15) is 8.42 Å². The Morgan fingerprint density at radius 1 is 1.16 bits per heavy atom. The molecule has 0 aliphatic heterocycles. The van der Waals surface area contributed by atoms with Crippen LogP contribution in [0.1, 0.15) is 43.9 Å². The van der Waals surface area contributed by atoms with Gasteiger partial charge in [0.05, 0.1) is 11.5 Å². The van der Waals surface area contributed by atoms with Crippen LogP contribution in [0.3, 0.4) is 0 Å². The number of hydrogen-bond donors (Lipinski definition) is 1. The predicted octanol–water partition coefficient (Wildman–Crippen LogP) is 4.33. The van der Waals surface area contributed by atoms with Crippen molar-refractivity contribution in [3.8, 4) is 5.75 Å². The molecule has 0 saturated heterocycles. The Morgan fingerprint density at radius 2 is 1.88 bits per heavy atom. The number of benzene rings is 1. The normalized spacial score (nSPS) is 16.8. The summed E-state index contributed by atoms with van der Waals surface area (Å²) in [7, 11) is -3.52. The maximum Gasteiger partial charge on any atom is 0.240 e. The lowest BCUT2D eigenvalue weighted by molar-refractivity contribution is 0.317. The number of nitrogens with one attached hydrogen (secondary N) is 1. The van der Waals surface area contributed by atoms with Crippen molar-refractivity contribution in [1.82, 2.24) is 4.72 Å². The Bertz CT molecular complexity index is 762. The summed E-state index contributed by atoms with van der Waals surface area (Å²) in [6.07, 6.45) is 5.32. The highest BCUT2D eigenvalue weighted by atomic mass is 32.2. The molecule has 0 radical (unpaired) electrons. The van der Waals surface area contributed by atoms with Crippen molar-refractivity contribution in [3.05, 3.63) is 46.7 Å². The average molecular weight is 380 g/mol. The standard InChI is InChI=1S/C19H25NO3S2/c1-2-13-23-16-7-9-17(10-8-16)25(21,22)20-15-19(11-3-4-12-19)18-6-5-14-24-18/h5-10,14,20H,2-4,11-13,15H2,1H3.